The van der Waals surface area contributed by atoms with Crippen LogP contribution in [0.3, 0.4) is 0 Å². The van der Waals surface area contributed by atoms with Gasteiger partial charge in [0.25, 0.3) is 5.91 Å². The van der Waals surface area contributed by atoms with Crippen LogP contribution in [0, 0.1) is 23.2 Å². The molecule has 3 aliphatic heterocycles. The van der Waals surface area contributed by atoms with Gasteiger partial charge in [0.2, 0.25) is 0 Å². The summed E-state index contributed by atoms with van der Waals surface area (Å²) in [5, 5.41) is 13.8. The maximum absolute atomic E-state index is 14.5. The third-order valence-corrected chi connectivity index (χ3v) is 10.5. The number of nitrogens with one attached hydrogen (secondary N) is 1. The Labute approximate surface area is 248 Å². The highest BCUT2D eigenvalue weighted by atomic mass is 16.6. The van der Waals surface area contributed by atoms with Crippen LogP contribution in [0.15, 0.2) is 54.6 Å². The van der Waals surface area contributed by atoms with E-state index in [4.69, 9.17) is 14.2 Å². The van der Waals surface area contributed by atoms with Crippen molar-refractivity contribution in [3.8, 4) is 0 Å². The molecule has 0 bridgehead atoms. The molecule has 4 fully saturated rings. The van der Waals surface area contributed by atoms with Gasteiger partial charge in [0.05, 0.1) is 17.6 Å². The predicted octanol–water partition coefficient (Wildman–Crippen LogP) is 3.44. The highest BCUT2D eigenvalue weighted by Crippen LogP contribution is 2.76. The van der Waals surface area contributed by atoms with E-state index in [0.717, 1.165) is 22.2 Å². The molecule has 2 N–H and O–H groups in total. The van der Waals surface area contributed by atoms with Crippen LogP contribution in [0.2, 0.25) is 0 Å². The molecule has 43 heavy (non-hydrogen) atoms. The van der Waals surface area contributed by atoms with Crippen molar-refractivity contribution in [1.82, 2.24) is 9.88 Å². The van der Waals surface area contributed by atoms with Gasteiger partial charge in [0, 0.05) is 36.0 Å². The number of carbonyl (C=O) groups is 4. The summed E-state index contributed by atoms with van der Waals surface area (Å²) in [5.74, 6) is -2.71. The molecule has 1 aliphatic carbocycles. The number of ether oxygens (including phenoxy) is 3. The van der Waals surface area contributed by atoms with Crippen LogP contribution >= 0.6 is 0 Å². The van der Waals surface area contributed by atoms with E-state index in [2.05, 4.69) is 4.98 Å². The molecule has 10 nitrogen and oxygen atoms in total. The Bertz CT molecular complexity index is 1690. The quantitative estimate of drug-likeness (QED) is 0.343. The topological polar surface area (TPSA) is 135 Å². The van der Waals surface area contributed by atoms with Gasteiger partial charge in [-0.3, -0.25) is 14.4 Å². The highest BCUT2D eigenvalue weighted by molar-refractivity contribution is 5.99. The minimum atomic E-state index is -1.80. The molecule has 224 valence electrons. The fraction of sp³-hybridized carbons (Fsp3) is 0.455. The first kappa shape index (κ1) is 27.6. The van der Waals surface area contributed by atoms with E-state index in [9.17, 15) is 24.3 Å². The number of aryl methyl sites for hydroxylation is 1. The summed E-state index contributed by atoms with van der Waals surface area (Å²) in [6.07, 6.45) is -4.03. The summed E-state index contributed by atoms with van der Waals surface area (Å²) in [4.78, 5) is 59.7. The maximum atomic E-state index is 14.5. The summed E-state index contributed by atoms with van der Waals surface area (Å²) in [5.41, 5.74) is -3.14. The third-order valence-electron chi connectivity index (χ3n) is 10.5. The van der Waals surface area contributed by atoms with Crippen molar-refractivity contribution in [3.63, 3.8) is 0 Å². The highest BCUT2D eigenvalue weighted by Gasteiger charge is 2.93. The van der Waals surface area contributed by atoms with E-state index in [-0.39, 0.29) is 24.9 Å². The second-order valence-electron chi connectivity index (χ2n) is 13.3. The number of carbonyl (C=O) groups excluding carboxylic acids is 4. The summed E-state index contributed by atoms with van der Waals surface area (Å²) in [6, 6.07) is 16.1. The van der Waals surface area contributed by atoms with Gasteiger partial charge in [-0.2, -0.15) is 0 Å². The van der Waals surface area contributed by atoms with Crippen molar-refractivity contribution in [1.29, 1.82) is 0 Å². The number of benzene rings is 2. The number of esters is 3. The number of aromatic amines is 1. The van der Waals surface area contributed by atoms with E-state index >= 15 is 0 Å². The monoisotopic (exact) mass is 586 g/mol. The average Bonchev–Trinajstić information content (AvgIpc) is 3.67. The van der Waals surface area contributed by atoms with Gasteiger partial charge in [0.1, 0.15) is 16.9 Å². The first-order valence-electron chi connectivity index (χ1n) is 14.6. The normalized spacial score (nSPS) is 32.9. The van der Waals surface area contributed by atoms with Crippen LogP contribution in [0.5, 0.6) is 0 Å². The van der Waals surface area contributed by atoms with Crippen LogP contribution in [-0.4, -0.2) is 69.4 Å². The molecule has 3 saturated heterocycles. The molecule has 1 aromatic heterocycles. The summed E-state index contributed by atoms with van der Waals surface area (Å²) in [6.45, 7) is 7.51. The van der Waals surface area contributed by atoms with Crippen LogP contribution in [-0.2, 0) is 35.0 Å². The average molecular weight is 587 g/mol. The van der Waals surface area contributed by atoms with Crippen LogP contribution in [0.4, 0.5) is 0 Å². The van der Waals surface area contributed by atoms with Crippen molar-refractivity contribution in [2.45, 2.75) is 71.0 Å². The van der Waals surface area contributed by atoms with Gasteiger partial charge in [0.15, 0.2) is 12.3 Å². The second-order valence-corrected chi connectivity index (χ2v) is 13.3. The van der Waals surface area contributed by atoms with Crippen molar-refractivity contribution >= 4 is 34.7 Å². The largest absolute Gasteiger partial charge is 0.461 e. The van der Waals surface area contributed by atoms with Gasteiger partial charge in [-0.25, -0.2) is 4.79 Å². The minimum Gasteiger partial charge on any atom is -0.461 e. The summed E-state index contributed by atoms with van der Waals surface area (Å²) < 4.78 is 17.8. The lowest BCUT2D eigenvalue weighted by molar-refractivity contribution is -0.211. The number of nitrogens with zero attached hydrogens (tertiary/aromatic N) is 1. The van der Waals surface area contributed by atoms with Crippen LogP contribution in [0.25, 0.3) is 10.9 Å². The predicted molar refractivity (Wildman–Crippen MR) is 152 cm³/mol. The Morgan fingerprint density at radius 2 is 1.77 bits per heavy atom. The van der Waals surface area contributed by atoms with Gasteiger partial charge < -0.3 is 29.2 Å². The molecule has 6 atom stereocenters. The number of para-hydroxylation sites is 1. The number of likely N-dealkylation sites (tertiary alicyclic amines) is 1. The Morgan fingerprint density at radius 3 is 2.47 bits per heavy atom. The zero-order chi connectivity index (χ0) is 30.5. The zero-order valence-corrected chi connectivity index (χ0v) is 24.5. The molecule has 1 saturated carbocycles. The number of hydrogen-bond acceptors (Lipinski definition) is 8. The Kier molecular flexibility index (Phi) is 5.73. The summed E-state index contributed by atoms with van der Waals surface area (Å²) in [7, 11) is 0. The first-order valence-corrected chi connectivity index (χ1v) is 14.6. The van der Waals surface area contributed by atoms with Crippen LogP contribution in [0.1, 0.15) is 55.2 Å². The van der Waals surface area contributed by atoms with E-state index in [1.165, 1.54) is 4.90 Å². The third kappa shape index (κ3) is 3.32. The van der Waals surface area contributed by atoms with Gasteiger partial charge >= 0.3 is 17.9 Å². The SMILES string of the molecule is Cc1c(CCN2C(=O)[C@H](OC(=O)c3ccccc3)[C@@]34[C@@H]2OC(=O)[C@@]32CC(=O)O[C@H]2C[C@@]4(O)C(C)(C)C)[nH]c2ccccc12. The van der Waals surface area contributed by atoms with Gasteiger partial charge in [-0.15, -0.1) is 0 Å². The molecule has 1 amide bonds. The molecule has 0 unspecified atom stereocenters. The van der Waals surface area contributed by atoms with Crippen molar-refractivity contribution in [2.75, 3.05) is 6.54 Å². The number of H-pyrrole nitrogens is 1. The second kappa shape index (κ2) is 8.92. The number of aliphatic hydroxyl groups is 1. The smallest absolute Gasteiger partial charge is 0.338 e. The Balaban J connectivity index is 1.37. The lowest BCUT2D eigenvalue weighted by Gasteiger charge is -2.51. The molecule has 0 radical (unpaired) electrons. The Hall–Kier alpha value is -4.18. The van der Waals surface area contributed by atoms with Gasteiger partial charge in [-0.1, -0.05) is 57.2 Å². The maximum Gasteiger partial charge on any atom is 0.338 e. The molecular weight excluding hydrogens is 552 g/mol. The van der Waals surface area contributed by atoms with E-state index < -0.39 is 64.1 Å². The van der Waals surface area contributed by atoms with E-state index in [1.54, 1.807) is 51.1 Å². The standard InChI is InChI=1S/C33H34N2O8/c1-18-20-12-8-9-13-22(20)34-21(18)14-15-35-26(37)25(42-27(38)19-10-6-5-7-11-19)33-28(35)43-29(39)31(33)17-24(36)41-23(31)16-32(33,40)30(2,3)4/h5-13,23,25,28,34,40H,14-17H2,1-4H3/t23-,25-,28-,31-,32+,33+/m0/s1. The van der Waals surface area contributed by atoms with Crippen molar-refractivity contribution in [2.24, 2.45) is 16.2 Å². The van der Waals surface area contributed by atoms with E-state index in [0.29, 0.717) is 6.42 Å². The molecule has 4 aliphatic rings. The van der Waals surface area contributed by atoms with Crippen molar-refractivity contribution in [3.05, 3.63) is 71.4 Å². The van der Waals surface area contributed by atoms with Crippen LogP contribution < -0.4 is 0 Å². The Morgan fingerprint density at radius 1 is 1.07 bits per heavy atom. The molecule has 2 aromatic carbocycles. The zero-order valence-electron chi connectivity index (χ0n) is 24.5. The van der Waals surface area contributed by atoms with Crippen molar-refractivity contribution < 1.29 is 38.5 Å². The molecule has 2 spiro atoms. The fourth-order valence-corrected chi connectivity index (χ4v) is 8.39. The number of amides is 1. The lowest BCUT2D eigenvalue weighted by Crippen LogP contribution is -2.66. The number of rotatable bonds is 5. The minimum absolute atomic E-state index is 0.102. The molecule has 4 heterocycles. The number of aromatic nitrogens is 1. The van der Waals surface area contributed by atoms with Gasteiger partial charge in [-0.05, 0) is 36.1 Å². The van der Waals surface area contributed by atoms with E-state index in [1.807, 2.05) is 31.2 Å². The molecular formula is C33H34N2O8. The number of fused-ring (bicyclic) bond motifs is 1. The first-order chi connectivity index (χ1) is 20.4. The summed E-state index contributed by atoms with van der Waals surface area (Å²) >= 11 is 0. The number of hydrogen-bond donors (Lipinski definition) is 2. The molecule has 3 aromatic rings. The molecule has 10 heteroatoms. The molecule has 7 rings (SSSR count). The fourth-order valence-electron chi connectivity index (χ4n) is 8.39. The lowest BCUT2D eigenvalue weighted by atomic mass is 9.52.